The van der Waals surface area contributed by atoms with E-state index in [1.54, 1.807) is 11.7 Å². The van der Waals surface area contributed by atoms with Crippen LogP contribution >= 0.6 is 0 Å². The minimum Gasteiger partial charge on any atom is -0.497 e. The van der Waals surface area contributed by atoms with Gasteiger partial charge in [0.25, 0.3) is 0 Å². The Balaban J connectivity index is 1.34. The molecule has 4 rings (SSSR count). The molecule has 0 radical (unpaired) electrons. The molecule has 2 fully saturated rings. The smallest absolute Gasteiger partial charge is 0.346 e. The van der Waals surface area contributed by atoms with Gasteiger partial charge >= 0.3 is 5.69 Å². The van der Waals surface area contributed by atoms with Gasteiger partial charge in [0.05, 0.1) is 13.7 Å². The van der Waals surface area contributed by atoms with Crippen LogP contribution in [0.15, 0.2) is 29.1 Å². The van der Waals surface area contributed by atoms with Crippen molar-refractivity contribution in [2.75, 3.05) is 13.7 Å². The zero-order chi connectivity index (χ0) is 22.5. The van der Waals surface area contributed by atoms with Crippen LogP contribution in [0.25, 0.3) is 11.4 Å². The number of amides is 1. The van der Waals surface area contributed by atoms with Crippen LogP contribution in [0, 0.1) is 11.8 Å². The number of methoxy groups -OCH3 is 1. The van der Waals surface area contributed by atoms with Crippen LogP contribution < -0.4 is 15.7 Å². The minimum absolute atomic E-state index is 0.0935. The molecule has 1 aromatic heterocycles. The lowest BCUT2D eigenvalue weighted by atomic mass is 9.79. The number of hydrogen-bond donors (Lipinski definition) is 1. The van der Waals surface area contributed by atoms with Crippen LogP contribution in [0.1, 0.15) is 70.8 Å². The highest BCUT2D eigenvalue weighted by Gasteiger charge is 2.30. The van der Waals surface area contributed by atoms with Crippen LogP contribution in [0.4, 0.5) is 0 Å². The molecule has 32 heavy (non-hydrogen) atoms. The van der Waals surface area contributed by atoms with Gasteiger partial charge in [-0.2, -0.15) is 0 Å². The summed E-state index contributed by atoms with van der Waals surface area (Å²) in [4.78, 5) is 25.6. The third-order valence-corrected chi connectivity index (χ3v) is 6.94. The minimum atomic E-state index is -0.0935. The zero-order valence-corrected chi connectivity index (χ0v) is 19.4. The van der Waals surface area contributed by atoms with Crippen molar-refractivity contribution in [2.24, 2.45) is 11.8 Å². The average Bonchev–Trinajstić information content (AvgIpc) is 3.61. The van der Waals surface area contributed by atoms with Gasteiger partial charge in [-0.3, -0.25) is 9.36 Å². The van der Waals surface area contributed by atoms with E-state index in [9.17, 15) is 9.59 Å². The lowest BCUT2D eigenvalue weighted by Gasteiger charge is -2.27. The number of unbranched alkanes of at least 4 members (excludes halogenated alkanes) is 1. The second-order valence-corrected chi connectivity index (χ2v) is 9.31. The SMILES string of the molecule is CCCCC1CCC(C(=O)NCCn2nc(-c3ccc(OC)cc3)n(C3CC3)c2=O)CC1. The monoisotopic (exact) mass is 440 g/mol. The fourth-order valence-electron chi connectivity index (χ4n) is 4.80. The third kappa shape index (κ3) is 5.25. The van der Waals surface area contributed by atoms with Crippen molar-refractivity contribution < 1.29 is 9.53 Å². The normalized spacial score (nSPS) is 20.8. The molecular formula is C25H36N4O3. The number of nitrogens with zero attached hydrogens (tertiary/aromatic N) is 3. The van der Waals surface area contributed by atoms with Gasteiger partial charge in [0.2, 0.25) is 5.91 Å². The zero-order valence-electron chi connectivity index (χ0n) is 19.4. The number of carbonyl (C=O) groups excluding carboxylic acids is 1. The highest BCUT2D eigenvalue weighted by atomic mass is 16.5. The van der Waals surface area contributed by atoms with Crippen LogP contribution in [-0.4, -0.2) is 33.9 Å². The molecule has 0 atom stereocenters. The molecule has 7 heteroatoms. The summed E-state index contributed by atoms with van der Waals surface area (Å²) < 4.78 is 8.54. The Hall–Kier alpha value is -2.57. The van der Waals surface area contributed by atoms with E-state index in [2.05, 4.69) is 17.3 Å². The van der Waals surface area contributed by atoms with Gasteiger partial charge in [-0.15, -0.1) is 5.10 Å². The average molecular weight is 441 g/mol. The number of aromatic nitrogens is 3. The first-order valence-electron chi connectivity index (χ1n) is 12.2. The van der Waals surface area contributed by atoms with Gasteiger partial charge in [-0.25, -0.2) is 9.48 Å². The second kappa shape index (κ2) is 10.4. The summed E-state index contributed by atoms with van der Waals surface area (Å²) in [5, 5.41) is 7.67. The predicted octanol–water partition coefficient (Wildman–Crippen LogP) is 4.17. The molecule has 0 bridgehead atoms. The fraction of sp³-hybridized carbons (Fsp3) is 0.640. The first-order chi connectivity index (χ1) is 15.6. The van der Waals surface area contributed by atoms with Gasteiger partial charge in [0, 0.05) is 24.1 Å². The van der Waals surface area contributed by atoms with Crippen molar-refractivity contribution in [3.05, 3.63) is 34.7 Å². The topological polar surface area (TPSA) is 78.2 Å². The molecule has 1 amide bonds. The van der Waals surface area contributed by atoms with E-state index in [1.807, 2.05) is 24.3 Å². The van der Waals surface area contributed by atoms with E-state index in [4.69, 9.17) is 4.74 Å². The highest BCUT2D eigenvalue weighted by Crippen LogP contribution is 2.36. The quantitative estimate of drug-likeness (QED) is 0.601. The molecule has 2 aliphatic rings. The molecule has 7 nitrogen and oxygen atoms in total. The number of rotatable bonds is 10. The molecule has 2 aromatic rings. The summed E-state index contributed by atoms with van der Waals surface area (Å²) in [7, 11) is 1.64. The molecule has 1 N–H and O–H groups in total. The molecule has 2 aliphatic carbocycles. The lowest BCUT2D eigenvalue weighted by Crippen LogP contribution is -2.36. The van der Waals surface area contributed by atoms with Gasteiger partial charge in [0.1, 0.15) is 5.75 Å². The molecule has 0 unspecified atom stereocenters. The number of ether oxygens (including phenoxy) is 1. The van der Waals surface area contributed by atoms with Crippen molar-refractivity contribution >= 4 is 5.91 Å². The van der Waals surface area contributed by atoms with Crippen LogP contribution in [-0.2, 0) is 11.3 Å². The lowest BCUT2D eigenvalue weighted by molar-refractivity contribution is -0.126. The van der Waals surface area contributed by atoms with Crippen molar-refractivity contribution in [3.63, 3.8) is 0 Å². The Morgan fingerprint density at radius 3 is 2.47 bits per heavy atom. The van der Waals surface area contributed by atoms with Gasteiger partial charge in [-0.05, 0) is 68.7 Å². The first-order valence-corrected chi connectivity index (χ1v) is 12.2. The molecule has 0 saturated heterocycles. The van der Waals surface area contributed by atoms with Crippen molar-refractivity contribution in [3.8, 4) is 17.1 Å². The van der Waals surface area contributed by atoms with E-state index in [-0.39, 0.29) is 23.6 Å². The molecule has 0 aliphatic heterocycles. The largest absolute Gasteiger partial charge is 0.497 e. The van der Waals surface area contributed by atoms with E-state index < -0.39 is 0 Å². The van der Waals surface area contributed by atoms with E-state index in [0.717, 1.165) is 55.8 Å². The van der Waals surface area contributed by atoms with Gasteiger partial charge in [0.15, 0.2) is 5.82 Å². The maximum Gasteiger partial charge on any atom is 0.346 e. The number of nitrogens with one attached hydrogen (secondary N) is 1. The standard InChI is InChI=1S/C25H36N4O3/c1-3-4-5-18-6-8-20(9-7-18)24(30)26-16-17-28-25(31)29(21-12-13-21)23(27-28)19-10-14-22(32-2)15-11-19/h10-11,14-15,18,20-21H,3-9,12-13,16-17H2,1-2H3,(H,26,30). The van der Waals surface area contributed by atoms with E-state index >= 15 is 0 Å². The van der Waals surface area contributed by atoms with Crippen LogP contribution in [0.3, 0.4) is 0 Å². The van der Waals surface area contributed by atoms with Crippen molar-refractivity contribution in [1.29, 1.82) is 0 Å². The summed E-state index contributed by atoms with van der Waals surface area (Å²) in [6.07, 6.45) is 10.1. The van der Waals surface area contributed by atoms with Crippen molar-refractivity contribution in [1.82, 2.24) is 19.7 Å². The van der Waals surface area contributed by atoms with Crippen LogP contribution in [0.2, 0.25) is 0 Å². The van der Waals surface area contributed by atoms with Crippen LogP contribution in [0.5, 0.6) is 5.75 Å². The Bertz CT molecular complexity index is 951. The predicted molar refractivity (Wildman–Crippen MR) is 125 cm³/mol. The van der Waals surface area contributed by atoms with Gasteiger partial charge in [-0.1, -0.05) is 26.2 Å². The maximum absolute atomic E-state index is 13.0. The summed E-state index contributed by atoms with van der Waals surface area (Å²) in [6.45, 7) is 3.05. The Morgan fingerprint density at radius 2 is 1.84 bits per heavy atom. The first kappa shape index (κ1) is 22.6. The summed E-state index contributed by atoms with van der Waals surface area (Å²) in [5.41, 5.74) is 0.807. The maximum atomic E-state index is 13.0. The van der Waals surface area contributed by atoms with E-state index in [0.29, 0.717) is 18.9 Å². The van der Waals surface area contributed by atoms with E-state index in [1.165, 1.54) is 23.9 Å². The number of hydrogen-bond acceptors (Lipinski definition) is 4. The molecule has 1 heterocycles. The molecule has 0 spiro atoms. The highest BCUT2D eigenvalue weighted by molar-refractivity contribution is 5.78. The fourth-order valence-corrected chi connectivity index (χ4v) is 4.80. The Labute approximate surface area is 190 Å². The Kier molecular flexibility index (Phi) is 7.33. The van der Waals surface area contributed by atoms with Crippen molar-refractivity contribution in [2.45, 2.75) is 77.3 Å². The third-order valence-electron chi connectivity index (χ3n) is 6.94. The van der Waals surface area contributed by atoms with Gasteiger partial charge < -0.3 is 10.1 Å². The molecule has 1 aromatic carbocycles. The molecule has 174 valence electrons. The summed E-state index contributed by atoms with van der Waals surface area (Å²) in [5.74, 6) is 2.50. The molecular weight excluding hydrogens is 404 g/mol. The molecule has 2 saturated carbocycles. The second-order valence-electron chi connectivity index (χ2n) is 9.31. The Morgan fingerprint density at radius 1 is 1.12 bits per heavy atom. The summed E-state index contributed by atoms with van der Waals surface area (Å²) in [6, 6.07) is 7.86. The number of benzene rings is 1. The summed E-state index contributed by atoms with van der Waals surface area (Å²) >= 11 is 0. The number of carbonyl (C=O) groups is 1.